The molecule has 0 aromatic rings. The van der Waals surface area contributed by atoms with Gasteiger partial charge in [0.1, 0.15) is 5.78 Å². The summed E-state index contributed by atoms with van der Waals surface area (Å²) in [6.45, 7) is 6.22. The predicted molar refractivity (Wildman–Crippen MR) is 81.9 cm³/mol. The summed E-state index contributed by atoms with van der Waals surface area (Å²) in [5, 5.41) is 0. The molecule has 0 spiro atoms. The van der Waals surface area contributed by atoms with Crippen molar-refractivity contribution in [2.45, 2.75) is 63.8 Å². The van der Waals surface area contributed by atoms with E-state index >= 15 is 0 Å². The third kappa shape index (κ3) is 3.43. The highest BCUT2D eigenvalue weighted by Gasteiger charge is 2.35. The second-order valence-corrected chi connectivity index (χ2v) is 6.97. The molecule has 2 unspecified atom stereocenters. The molecule has 0 aromatic heterocycles. The van der Waals surface area contributed by atoms with E-state index in [4.69, 9.17) is 0 Å². The number of ketones is 1. The molecule has 0 amide bonds. The van der Waals surface area contributed by atoms with Crippen LogP contribution in [0.15, 0.2) is 0 Å². The normalized spacial score (nSPS) is 33.7. The number of hydrogen-bond acceptors (Lipinski definition) is 3. The molecular weight excluding hydrogens is 248 g/mol. The first-order chi connectivity index (χ1) is 9.84. The van der Waals surface area contributed by atoms with Crippen LogP contribution >= 0.6 is 0 Å². The molecule has 2 heterocycles. The molecule has 114 valence electrons. The van der Waals surface area contributed by atoms with E-state index in [9.17, 15) is 4.79 Å². The highest BCUT2D eigenvalue weighted by Crippen LogP contribution is 2.31. The number of nitrogens with zero attached hydrogens (tertiary/aromatic N) is 2. The Balaban J connectivity index is 1.56. The van der Waals surface area contributed by atoms with Crippen LogP contribution in [-0.2, 0) is 4.79 Å². The van der Waals surface area contributed by atoms with E-state index < -0.39 is 0 Å². The number of Topliss-reactive ketones (excluding diaryl/α,β-unsaturated/α-hetero) is 1. The number of hydrogen-bond donors (Lipinski definition) is 0. The summed E-state index contributed by atoms with van der Waals surface area (Å²) in [6, 6.07) is 0.569. The molecule has 3 nitrogen and oxygen atoms in total. The summed E-state index contributed by atoms with van der Waals surface area (Å²) in [5.74, 6) is 0.928. The van der Waals surface area contributed by atoms with Gasteiger partial charge in [0, 0.05) is 31.5 Å². The maximum absolute atomic E-state index is 12.3. The van der Waals surface area contributed by atoms with E-state index in [2.05, 4.69) is 9.80 Å². The molecule has 3 fully saturated rings. The molecule has 0 N–H and O–H groups in total. The van der Waals surface area contributed by atoms with Crippen LogP contribution in [0.2, 0.25) is 0 Å². The fourth-order valence-corrected chi connectivity index (χ4v) is 4.44. The van der Waals surface area contributed by atoms with Crippen molar-refractivity contribution in [3.63, 3.8) is 0 Å². The summed E-state index contributed by atoms with van der Waals surface area (Å²) in [4.78, 5) is 17.5. The molecule has 20 heavy (non-hydrogen) atoms. The Hall–Kier alpha value is -0.410. The number of carbonyl (C=O) groups excluding carboxylic acids is 1. The van der Waals surface area contributed by atoms with E-state index in [1.54, 1.807) is 0 Å². The lowest BCUT2D eigenvalue weighted by Gasteiger charge is -2.41. The van der Waals surface area contributed by atoms with Gasteiger partial charge < -0.3 is 4.90 Å². The Labute approximate surface area is 123 Å². The maximum atomic E-state index is 12.3. The summed E-state index contributed by atoms with van der Waals surface area (Å²) in [6.07, 6.45) is 11.1. The highest BCUT2D eigenvalue weighted by atomic mass is 16.1. The molecule has 2 atom stereocenters. The lowest BCUT2D eigenvalue weighted by atomic mass is 9.79. The van der Waals surface area contributed by atoms with Gasteiger partial charge in [0.15, 0.2) is 0 Å². The van der Waals surface area contributed by atoms with Crippen LogP contribution in [-0.4, -0.2) is 54.3 Å². The van der Waals surface area contributed by atoms with Crippen LogP contribution < -0.4 is 0 Å². The van der Waals surface area contributed by atoms with Gasteiger partial charge in [0.25, 0.3) is 0 Å². The first-order valence-corrected chi connectivity index (χ1v) is 8.84. The molecule has 3 rings (SSSR count). The topological polar surface area (TPSA) is 23.6 Å². The minimum absolute atomic E-state index is 0.364. The number of rotatable bonds is 4. The van der Waals surface area contributed by atoms with Gasteiger partial charge in [-0.2, -0.15) is 0 Å². The maximum Gasteiger partial charge on any atom is 0.137 e. The predicted octanol–water partition coefficient (Wildman–Crippen LogP) is 2.70. The first-order valence-electron chi connectivity index (χ1n) is 8.84. The van der Waals surface area contributed by atoms with Crippen LogP contribution in [0, 0.1) is 5.92 Å². The Kier molecular flexibility index (Phi) is 5.11. The summed E-state index contributed by atoms with van der Waals surface area (Å²) in [5.41, 5.74) is 0. The minimum Gasteiger partial charge on any atom is -0.302 e. The van der Waals surface area contributed by atoms with Crippen molar-refractivity contribution in [3.8, 4) is 0 Å². The summed E-state index contributed by atoms with van der Waals surface area (Å²) < 4.78 is 0. The van der Waals surface area contributed by atoms with Crippen LogP contribution in [0.3, 0.4) is 0 Å². The number of piperidine rings is 1. The molecule has 1 aliphatic carbocycles. The molecule has 2 aliphatic heterocycles. The van der Waals surface area contributed by atoms with Crippen LogP contribution in [0.1, 0.15) is 57.8 Å². The minimum atomic E-state index is 0.364. The molecule has 0 radical (unpaired) electrons. The van der Waals surface area contributed by atoms with Gasteiger partial charge in [0.2, 0.25) is 0 Å². The monoisotopic (exact) mass is 278 g/mol. The zero-order valence-corrected chi connectivity index (χ0v) is 12.9. The Morgan fingerprint density at radius 1 is 0.850 bits per heavy atom. The van der Waals surface area contributed by atoms with Crippen molar-refractivity contribution in [2.75, 3.05) is 32.7 Å². The molecular formula is C17H30N2O. The summed E-state index contributed by atoms with van der Waals surface area (Å²) in [7, 11) is 0. The Bertz CT molecular complexity index is 325. The fourth-order valence-electron chi connectivity index (χ4n) is 4.44. The number of carbonyl (C=O) groups is 1. The lowest BCUT2D eigenvalue weighted by Crippen LogP contribution is -2.49. The van der Waals surface area contributed by atoms with Crippen molar-refractivity contribution in [3.05, 3.63) is 0 Å². The van der Waals surface area contributed by atoms with E-state index in [1.165, 1.54) is 71.2 Å². The van der Waals surface area contributed by atoms with E-state index in [1.807, 2.05) is 0 Å². The van der Waals surface area contributed by atoms with Gasteiger partial charge in [-0.15, -0.1) is 0 Å². The third-order valence-electron chi connectivity index (χ3n) is 5.63. The molecule has 3 aliphatic rings. The largest absolute Gasteiger partial charge is 0.302 e. The average molecular weight is 278 g/mol. The van der Waals surface area contributed by atoms with Crippen molar-refractivity contribution in [1.82, 2.24) is 9.80 Å². The van der Waals surface area contributed by atoms with Gasteiger partial charge in [-0.25, -0.2) is 0 Å². The molecule has 1 saturated carbocycles. The molecule has 2 saturated heterocycles. The zero-order chi connectivity index (χ0) is 13.8. The van der Waals surface area contributed by atoms with Gasteiger partial charge in [0.05, 0.1) is 0 Å². The molecule has 0 aromatic carbocycles. The van der Waals surface area contributed by atoms with E-state index in [-0.39, 0.29) is 0 Å². The highest BCUT2D eigenvalue weighted by molar-refractivity contribution is 5.82. The lowest BCUT2D eigenvalue weighted by molar-refractivity contribution is -0.127. The SMILES string of the molecule is O=C1CCCCC1C1CCCCN1CCN1CCCC1. The third-order valence-corrected chi connectivity index (χ3v) is 5.63. The standard InChI is InChI=1S/C17H30N2O/c20-17-9-2-1-7-15(17)16-8-3-4-12-19(16)14-13-18-10-5-6-11-18/h15-16H,1-14H2. The van der Waals surface area contributed by atoms with Gasteiger partial charge in [-0.05, 0) is 58.2 Å². The van der Waals surface area contributed by atoms with Crippen LogP contribution in [0.4, 0.5) is 0 Å². The smallest absolute Gasteiger partial charge is 0.137 e. The zero-order valence-electron chi connectivity index (χ0n) is 12.9. The van der Waals surface area contributed by atoms with E-state index in [0.29, 0.717) is 17.7 Å². The summed E-state index contributed by atoms with van der Waals surface area (Å²) >= 11 is 0. The molecule has 0 bridgehead atoms. The number of likely N-dealkylation sites (tertiary alicyclic amines) is 2. The second-order valence-electron chi connectivity index (χ2n) is 6.97. The Morgan fingerprint density at radius 3 is 2.40 bits per heavy atom. The molecule has 3 heteroatoms. The quantitative estimate of drug-likeness (QED) is 0.790. The van der Waals surface area contributed by atoms with Gasteiger partial charge >= 0.3 is 0 Å². The van der Waals surface area contributed by atoms with Crippen LogP contribution in [0.5, 0.6) is 0 Å². The Morgan fingerprint density at radius 2 is 1.60 bits per heavy atom. The van der Waals surface area contributed by atoms with E-state index in [0.717, 1.165) is 19.3 Å². The van der Waals surface area contributed by atoms with Crippen molar-refractivity contribution >= 4 is 5.78 Å². The van der Waals surface area contributed by atoms with Crippen molar-refractivity contribution in [2.24, 2.45) is 5.92 Å². The van der Waals surface area contributed by atoms with Crippen LogP contribution in [0.25, 0.3) is 0 Å². The average Bonchev–Trinajstić information content (AvgIpc) is 2.99. The first kappa shape index (κ1) is 14.5. The van der Waals surface area contributed by atoms with Crippen molar-refractivity contribution in [1.29, 1.82) is 0 Å². The van der Waals surface area contributed by atoms with Gasteiger partial charge in [-0.1, -0.05) is 12.8 Å². The fraction of sp³-hybridized carbons (Fsp3) is 0.941. The second kappa shape index (κ2) is 7.04. The van der Waals surface area contributed by atoms with Crippen molar-refractivity contribution < 1.29 is 4.79 Å². The van der Waals surface area contributed by atoms with Gasteiger partial charge in [-0.3, -0.25) is 9.69 Å².